The molecule has 0 spiro atoms. The Morgan fingerprint density at radius 3 is 2.31 bits per heavy atom. The van der Waals surface area contributed by atoms with Crippen LogP contribution in [0.3, 0.4) is 0 Å². The van der Waals surface area contributed by atoms with Gasteiger partial charge >= 0.3 is 6.09 Å². The lowest BCUT2D eigenvalue weighted by Crippen LogP contribution is -2.39. The molecular formula is C8H12ClNO3. The minimum atomic E-state index is -0.906. The molecule has 5 heteroatoms. The highest BCUT2D eigenvalue weighted by molar-refractivity contribution is 6.27. The Morgan fingerprint density at radius 1 is 1.38 bits per heavy atom. The summed E-state index contributed by atoms with van der Waals surface area (Å²) in [5, 5.41) is 8.64. The largest absolute Gasteiger partial charge is 0.465 e. The Bertz CT molecular complexity index is 211. The van der Waals surface area contributed by atoms with E-state index in [2.05, 4.69) is 0 Å². The van der Waals surface area contributed by atoms with E-state index in [1.54, 1.807) is 0 Å². The molecule has 0 saturated carbocycles. The van der Waals surface area contributed by atoms with Gasteiger partial charge in [0.2, 0.25) is 0 Å². The summed E-state index contributed by atoms with van der Waals surface area (Å²) in [6.45, 7) is 0.894. The standard InChI is InChI=1S/C8H12ClNO3/c9-5-7(11)6-1-3-10(4-2-6)8(12)13/h6H,1-5H2,(H,12,13). The van der Waals surface area contributed by atoms with Gasteiger partial charge in [-0.25, -0.2) is 4.79 Å². The lowest BCUT2D eigenvalue weighted by Gasteiger charge is -2.28. The van der Waals surface area contributed by atoms with Crippen LogP contribution in [0.1, 0.15) is 12.8 Å². The van der Waals surface area contributed by atoms with Gasteiger partial charge in [-0.15, -0.1) is 11.6 Å². The number of carbonyl (C=O) groups is 2. The Labute approximate surface area is 81.5 Å². The van der Waals surface area contributed by atoms with Crippen LogP contribution in [0.15, 0.2) is 0 Å². The number of hydrogen-bond donors (Lipinski definition) is 1. The van der Waals surface area contributed by atoms with Gasteiger partial charge in [0.25, 0.3) is 0 Å². The third-order valence-electron chi connectivity index (χ3n) is 2.35. The lowest BCUT2D eigenvalue weighted by molar-refractivity contribution is -0.121. The molecule has 1 aliphatic heterocycles. The fourth-order valence-corrected chi connectivity index (χ4v) is 1.72. The van der Waals surface area contributed by atoms with E-state index in [0.717, 1.165) is 0 Å². The summed E-state index contributed by atoms with van der Waals surface area (Å²) in [7, 11) is 0. The van der Waals surface area contributed by atoms with Gasteiger partial charge < -0.3 is 10.0 Å². The van der Waals surface area contributed by atoms with Crippen LogP contribution in [0.2, 0.25) is 0 Å². The second-order valence-corrected chi connectivity index (χ2v) is 3.41. The van der Waals surface area contributed by atoms with Gasteiger partial charge in [0.05, 0.1) is 5.88 Å². The highest BCUT2D eigenvalue weighted by atomic mass is 35.5. The van der Waals surface area contributed by atoms with E-state index in [1.807, 2.05) is 0 Å². The fraction of sp³-hybridized carbons (Fsp3) is 0.750. The molecule has 1 aliphatic rings. The van der Waals surface area contributed by atoms with Crippen molar-refractivity contribution >= 4 is 23.5 Å². The molecular weight excluding hydrogens is 194 g/mol. The molecule has 1 heterocycles. The van der Waals surface area contributed by atoms with Crippen molar-refractivity contribution in [2.24, 2.45) is 5.92 Å². The minimum absolute atomic E-state index is 0.0340. The number of alkyl halides is 1. The molecule has 0 aromatic rings. The van der Waals surface area contributed by atoms with Crippen LogP contribution in [-0.2, 0) is 4.79 Å². The van der Waals surface area contributed by atoms with Crippen LogP contribution in [0, 0.1) is 5.92 Å². The molecule has 1 amide bonds. The second-order valence-electron chi connectivity index (χ2n) is 3.14. The zero-order chi connectivity index (χ0) is 9.84. The van der Waals surface area contributed by atoms with Crippen molar-refractivity contribution in [3.63, 3.8) is 0 Å². The van der Waals surface area contributed by atoms with Gasteiger partial charge in [-0.1, -0.05) is 0 Å². The topological polar surface area (TPSA) is 57.6 Å². The van der Waals surface area contributed by atoms with Crippen LogP contribution >= 0.6 is 11.6 Å². The number of halogens is 1. The molecule has 0 unspecified atom stereocenters. The molecule has 13 heavy (non-hydrogen) atoms. The molecule has 0 radical (unpaired) electrons. The van der Waals surface area contributed by atoms with Crippen LogP contribution in [-0.4, -0.2) is 40.9 Å². The number of hydrogen-bond acceptors (Lipinski definition) is 2. The first kappa shape index (κ1) is 10.3. The summed E-state index contributed by atoms with van der Waals surface area (Å²) in [4.78, 5) is 23.0. The van der Waals surface area contributed by atoms with Gasteiger partial charge in [-0.2, -0.15) is 0 Å². The van der Waals surface area contributed by atoms with E-state index in [0.29, 0.717) is 25.9 Å². The molecule has 0 bridgehead atoms. The summed E-state index contributed by atoms with van der Waals surface area (Å²) in [6.07, 6.45) is 0.312. The number of likely N-dealkylation sites (tertiary alicyclic amines) is 1. The normalized spacial score (nSPS) is 18.7. The summed E-state index contributed by atoms with van der Waals surface area (Å²) >= 11 is 5.40. The predicted molar refractivity (Wildman–Crippen MR) is 48.0 cm³/mol. The predicted octanol–water partition coefficient (Wildman–Crippen LogP) is 1.18. The van der Waals surface area contributed by atoms with E-state index in [9.17, 15) is 9.59 Å². The van der Waals surface area contributed by atoms with E-state index in [-0.39, 0.29) is 17.6 Å². The molecule has 0 atom stereocenters. The molecule has 0 aromatic heterocycles. The Kier molecular flexibility index (Phi) is 3.54. The summed E-state index contributed by atoms with van der Waals surface area (Å²) in [5.41, 5.74) is 0. The average molecular weight is 206 g/mol. The van der Waals surface area contributed by atoms with Crippen molar-refractivity contribution in [2.75, 3.05) is 19.0 Å². The molecule has 4 nitrogen and oxygen atoms in total. The number of carboxylic acid groups (broad SMARTS) is 1. The van der Waals surface area contributed by atoms with Crippen LogP contribution in [0.4, 0.5) is 4.79 Å². The van der Waals surface area contributed by atoms with Crippen molar-refractivity contribution in [3.8, 4) is 0 Å². The quantitative estimate of drug-likeness (QED) is 0.689. The third kappa shape index (κ3) is 2.59. The highest BCUT2D eigenvalue weighted by Gasteiger charge is 2.26. The molecule has 74 valence electrons. The smallest absolute Gasteiger partial charge is 0.407 e. The van der Waals surface area contributed by atoms with Crippen molar-refractivity contribution < 1.29 is 14.7 Å². The van der Waals surface area contributed by atoms with E-state index < -0.39 is 6.09 Å². The molecule has 1 fully saturated rings. The SMILES string of the molecule is O=C(CCl)C1CCN(C(=O)O)CC1. The zero-order valence-corrected chi connectivity index (χ0v) is 7.96. The Hall–Kier alpha value is -0.770. The maximum absolute atomic E-state index is 11.1. The molecule has 1 saturated heterocycles. The van der Waals surface area contributed by atoms with E-state index in [1.165, 1.54) is 4.90 Å². The first-order chi connectivity index (χ1) is 6.15. The first-order valence-electron chi connectivity index (χ1n) is 4.21. The minimum Gasteiger partial charge on any atom is -0.465 e. The maximum Gasteiger partial charge on any atom is 0.407 e. The fourth-order valence-electron chi connectivity index (χ4n) is 1.50. The van der Waals surface area contributed by atoms with Crippen molar-refractivity contribution in [1.82, 2.24) is 4.90 Å². The summed E-state index contributed by atoms with van der Waals surface area (Å²) in [6, 6.07) is 0. The van der Waals surface area contributed by atoms with Gasteiger partial charge in [-0.05, 0) is 12.8 Å². The number of rotatable bonds is 2. The average Bonchev–Trinajstić information content (AvgIpc) is 2.17. The summed E-state index contributed by atoms with van der Waals surface area (Å²) in [5.74, 6) is 0.0392. The van der Waals surface area contributed by atoms with E-state index >= 15 is 0 Å². The molecule has 0 aromatic carbocycles. The molecule has 1 rings (SSSR count). The Balaban J connectivity index is 2.39. The van der Waals surface area contributed by atoms with Crippen LogP contribution < -0.4 is 0 Å². The number of nitrogens with zero attached hydrogens (tertiary/aromatic N) is 1. The second kappa shape index (κ2) is 4.46. The maximum atomic E-state index is 11.1. The number of carbonyl (C=O) groups excluding carboxylic acids is 1. The van der Waals surface area contributed by atoms with Crippen molar-refractivity contribution in [2.45, 2.75) is 12.8 Å². The summed E-state index contributed by atoms with van der Waals surface area (Å²) < 4.78 is 0. The van der Waals surface area contributed by atoms with Crippen LogP contribution in [0.5, 0.6) is 0 Å². The van der Waals surface area contributed by atoms with Crippen molar-refractivity contribution in [3.05, 3.63) is 0 Å². The van der Waals surface area contributed by atoms with Gasteiger partial charge in [-0.3, -0.25) is 4.79 Å². The number of ketones is 1. The third-order valence-corrected chi connectivity index (χ3v) is 2.62. The van der Waals surface area contributed by atoms with Crippen molar-refractivity contribution in [1.29, 1.82) is 0 Å². The monoisotopic (exact) mass is 205 g/mol. The highest BCUT2D eigenvalue weighted by Crippen LogP contribution is 2.18. The number of Topliss-reactive ketones (excluding diaryl/α,β-unsaturated/α-hetero) is 1. The molecule has 1 N–H and O–H groups in total. The van der Waals surface area contributed by atoms with E-state index in [4.69, 9.17) is 16.7 Å². The van der Waals surface area contributed by atoms with Crippen LogP contribution in [0.25, 0.3) is 0 Å². The first-order valence-corrected chi connectivity index (χ1v) is 4.75. The zero-order valence-electron chi connectivity index (χ0n) is 7.20. The number of amides is 1. The molecule has 0 aliphatic carbocycles. The van der Waals surface area contributed by atoms with Gasteiger partial charge in [0, 0.05) is 19.0 Å². The Morgan fingerprint density at radius 2 is 1.92 bits per heavy atom. The van der Waals surface area contributed by atoms with Gasteiger partial charge in [0.15, 0.2) is 5.78 Å². The lowest BCUT2D eigenvalue weighted by atomic mass is 9.93. The van der Waals surface area contributed by atoms with Gasteiger partial charge in [0.1, 0.15) is 0 Å². The number of piperidine rings is 1.